The van der Waals surface area contributed by atoms with Gasteiger partial charge in [0.1, 0.15) is 16.7 Å². The second kappa shape index (κ2) is 13.9. The molecule has 0 aromatic rings. The first-order valence-corrected chi connectivity index (χ1v) is 11.2. The molecule has 0 rings (SSSR count). The number of unbranched alkanes of at least 4 members (excludes halogenated alkanes) is 4. The highest BCUT2D eigenvalue weighted by molar-refractivity contribution is 7.86. The third-order valence-electron chi connectivity index (χ3n) is 4.62. The first-order chi connectivity index (χ1) is 11.8. The lowest BCUT2D eigenvalue weighted by Gasteiger charge is -2.42. The van der Waals surface area contributed by atoms with Gasteiger partial charge in [0, 0.05) is 13.0 Å². The Hall–Kier alpha value is -0.210. The van der Waals surface area contributed by atoms with Crippen LogP contribution in [0.2, 0.25) is 0 Å². The zero-order valence-electron chi connectivity index (χ0n) is 16.7. The fraction of sp³-hybridized carbons (Fsp3) is 1.00. The van der Waals surface area contributed by atoms with E-state index in [0.29, 0.717) is 39.3 Å². The number of ether oxygens (including phenoxy) is 2. The summed E-state index contributed by atoms with van der Waals surface area (Å²) in [7, 11) is -2.46. The lowest BCUT2D eigenvalue weighted by Crippen LogP contribution is -2.57. The molecule has 25 heavy (non-hydrogen) atoms. The van der Waals surface area contributed by atoms with Crippen LogP contribution in [0.5, 0.6) is 0 Å². The van der Waals surface area contributed by atoms with Crippen LogP contribution < -0.4 is 0 Å². The van der Waals surface area contributed by atoms with E-state index in [0.717, 1.165) is 32.3 Å². The van der Waals surface area contributed by atoms with Crippen molar-refractivity contribution in [3.63, 3.8) is 0 Å². The molecule has 0 bridgehead atoms. The molecule has 6 nitrogen and oxygen atoms in total. The first-order valence-electron chi connectivity index (χ1n) is 9.76. The SMILES string of the molecule is CCCCCCC[N+](C)(CCOCCOCCC)C(CC)S(=O)(=O)[O-]. The summed E-state index contributed by atoms with van der Waals surface area (Å²) in [4.78, 5) is 0. The smallest absolute Gasteiger partial charge is 0.178 e. The number of quaternary nitrogens is 1. The standard InChI is InChI=1S/C18H39NO5S/c1-5-8-9-10-11-12-19(4,18(7-3)25(20,21)22)13-15-24-17-16-23-14-6-2/h18H,5-17H2,1-4H3. The van der Waals surface area contributed by atoms with Crippen LogP contribution in [0.4, 0.5) is 0 Å². The van der Waals surface area contributed by atoms with Crippen LogP contribution in [-0.4, -0.2) is 69.4 Å². The molecule has 0 saturated carbocycles. The van der Waals surface area contributed by atoms with Gasteiger partial charge in [-0.25, -0.2) is 8.42 Å². The molecular formula is C18H39NO5S. The highest BCUT2D eigenvalue weighted by Gasteiger charge is 2.35. The van der Waals surface area contributed by atoms with Crippen molar-refractivity contribution in [3.8, 4) is 0 Å². The second-order valence-electron chi connectivity index (χ2n) is 6.92. The maximum atomic E-state index is 11.7. The largest absolute Gasteiger partial charge is 0.743 e. The van der Waals surface area contributed by atoms with Crippen LogP contribution in [0.25, 0.3) is 0 Å². The molecular weight excluding hydrogens is 342 g/mol. The summed E-state index contributed by atoms with van der Waals surface area (Å²) in [6.07, 6.45) is 6.84. The third kappa shape index (κ3) is 11.2. The van der Waals surface area contributed by atoms with Gasteiger partial charge in [-0.2, -0.15) is 0 Å². The van der Waals surface area contributed by atoms with Gasteiger partial charge in [0.25, 0.3) is 0 Å². The summed E-state index contributed by atoms with van der Waals surface area (Å²) in [5.74, 6) is 0. The van der Waals surface area contributed by atoms with E-state index >= 15 is 0 Å². The van der Waals surface area contributed by atoms with Crippen LogP contribution in [-0.2, 0) is 19.6 Å². The molecule has 0 radical (unpaired) electrons. The van der Waals surface area contributed by atoms with Crippen molar-refractivity contribution < 1.29 is 26.9 Å². The maximum Gasteiger partial charge on any atom is 0.178 e. The minimum Gasteiger partial charge on any atom is -0.743 e. The Bertz CT molecular complexity index is 416. The molecule has 7 heteroatoms. The number of hydrogen-bond acceptors (Lipinski definition) is 5. The van der Waals surface area contributed by atoms with Crippen molar-refractivity contribution in [3.05, 3.63) is 0 Å². The minimum atomic E-state index is -4.33. The summed E-state index contributed by atoms with van der Waals surface area (Å²) in [5, 5.41) is -0.904. The fourth-order valence-electron chi connectivity index (χ4n) is 3.17. The lowest BCUT2D eigenvalue weighted by atomic mass is 10.1. The zero-order valence-corrected chi connectivity index (χ0v) is 17.5. The fourth-order valence-corrected chi connectivity index (χ4v) is 4.41. The van der Waals surface area contributed by atoms with Crippen molar-refractivity contribution >= 4 is 10.1 Å². The van der Waals surface area contributed by atoms with E-state index in [1.165, 1.54) is 12.8 Å². The van der Waals surface area contributed by atoms with Gasteiger partial charge in [-0.1, -0.05) is 40.0 Å². The van der Waals surface area contributed by atoms with Crippen LogP contribution in [0, 0.1) is 0 Å². The molecule has 2 atom stereocenters. The van der Waals surface area contributed by atoms with Gasteiger partial charge in [-0.3, -0.25) is 0 Å². The van der Waals surface area contributed by atoms with E-state index < -0.39 is 15.5 Å². The van der Waals surface area contributed by atoms with E-state index in [2.05, 4.69) is 13.8 Å². The van der Waals surface area contributed by atoms with E-state index in [4.69, 9.17) is 9.47 Å². The number of likely N-dealkylation sites (N-methyl/N-ethyl adjacent to an activating group) is 1. The molecule has 152 valence electrons. The topological polar surface area (TPSA) is 75.7 Å². The Balaban J connectivity index is 4.56. The average Bonchev–Trinajstić information content (AvgIpc) is 2.53. The molecule has 0 N–H and O–H groups in total. The van der Waals surface area contributed by atoms with E-state index in [9.17, 15) is 13.0 Å². The zero-order chi connectivity index (χ0) is 19.2. The highest BCUT2D eigenvalue weighted by Crippen LogP contribution is 2.20. The quantitative estimate of drug-likeness (QED) is 0.220. The molecule has 0 spiro atoms. The molecule has 0 aliphatic rings. The normalized spacial score (nSPS) is 15.9. The maximum absolute atomic E-state index is 11.7. The van der Waals surface area contributed by atoms with Crippen LogP contribution in [0.15, 0.2) is 0 Å². The molecule has 0 aromatic carbocycles. The number of nitrogens with zero attached hydrogens (tertiary/aromatic N) is 1. The van der Waals surface area contributed by atoms with Crippen LogP contribution in [0.1, 0.15) is 65.7 Å². The summed E-state index contributed by atoms with van der Waals surface area (Å²) >= 11 is 0. The predicted molar refractivity (Wildman–Crippen MR) is 100 cm³/mol. The van der Waals surface area contributed by atoms with Crippen molar-refractivity contribution in [1.29, 1.82) is 0 Å². The summed E-state index contributed by atoms with van der Waals surface area (Å²) in [6.45, 7) is 9.42. The molecule has 0 heterocycles. The van der Waals surface area contributed by atoms with Gasteiger partial charge < -0.3 is 18.5 Å². The van der Waals surface area contributed by atoms with E-state index in [1.54, 1.807) is 6.92 Å². The predicted octanol–water partition coefficient (Wildman–Crippen LogP) is 3.13. The van der Waals surface area contributed by atoms with Crippen molar-refractivity contribution in [2.24, 2.45) is 0 Å². The van der Waals surface area contributed by atoms with Crippen LogP contribution in [0.3, 0.4) is 0 Å². The molecule has 2 unspecified atom stereocenters. The van der Waals surface area contributed by atoms with Crippen LogP contribution >= 0.6 is 0 Å². The van der Waals surface area contributed by atoms with E-state index in [1.807, 2.05) is 7.05 Å². The van der Waals surface area contributed by atoms with Gasteiger partial charge in [0.2, 0.25) is 0 Å². The van der Waals surface area contributed by atoms with Gasteiger partial charge in [-0.15, -0.1) is 0 Å². The molecule has 0 aromatic heterocycles. The average molecular weight is 382 g/mol. The Labute approximate surface area is 155 Å². The Morgan fingerprint density at radius 2 is 1.44 bits per heavy atom. The van der Waals surface area contributed by atoms with Crippen molar-refractivity contribution in [2.45, 2.75) is 71.1 Å². The Kier molecular flexibility index (Phi) is 13.8. The summed E-state index contributed by atoms with van der Waals surface area (Å²) in [6, 6.07) is 0. The molecule has 0 amide bonds. The molecule has 0 fully saturated rings. The summed E-state index contributed by atoms with van der Waals surface area (Å²) in [5.41, 5.74) is 0. The van der Waals surface area contributed by atoms with E-state index in [-0.39, 0.29) is 4.48 Å². The Morgan fingerprint density at radius 1 is 0.840 bits per heavy atom. The third-order valence-corrected chi connectivity index (χ3v) is 6.13. The minimum absolute atomic E-state index is 0.240. The van der Waals surface area contributed by atoms with Gasteiger partial charge >= 0.3 is 0 Å². The Morgan fingerprint density at radius 3 is 1.96 bits per heavy atom. The van der Waals surface area contributed by atoms with Crippen molar-refractivity contribution in [2.75, 3.05) is 46.6 Å². The molecule has 0 aliphatic heterocycles. The lowest BCUT2D eigenvalue weighted by molar-refractivity contribution is -0.921. The number of hydrogen-bond donors (Lipinski definition) is 0. The monoisotopic (exact) mass is 381 g/mol. The van der Waals surface area contributed by atoms with Gasteiger partial charge in [0.15, 0.2) is 5.37 Å². The molecule has 0 aliphatic carbocycles. The molecule has 0 saturated heterocycles. The van der Waals surface area contributed by atoms with Crippen molar-refractivity contribution in [1.82, 2.24) is 0 Å². The summed E-state index contributed by atoms with van der Waals surface area (Å²) < 4.78 is 46.4. The second-order valence-corrected chi connectivity index (χ2v) is 8.45. The number of rotatable bonds is 17. The highest BCUT2D eigenvalue weighted by atomic mass is 32.2. The van der Waals surface area contributed by atoms with Gasteiger partial charge in [-0.05, 0) is 19.3 Å². The first kappa shape index (κ1) is 24.8. The van der Waals surface area contributed by atoms with Gasteiger partial charge in [0.05, 0.1) is 33.4 Å².